The van der Waals surface area contributed by atoms with Crippen molar-refractivity contribution in [1.29, 1.82) is 0 Å². The van der Waals surface area contributed by atoms with E-state index in [1.807, 2.05) is 11.8 Å². The summed E-state index contributed by atoms with van der Waals surface area (Å²) in [5, 5.41) is 1.13. The van der Waals surface area contributed by atoms with Crippen LogP contribution in [0.1, 0.15) is 39.0 Å². The van der Waals surface area contributed by atoms with Gasteiger partial charge in [0.15, 0.2) is 0 Å². The van der Waals surface area contributed by atoms with E-state index in [2.05, 4.69) is 0 Å². The Labute approximate surface area is 135 Å². The quantitative estimate of drug-likeness (QED) is 0.744. The highest BCUT2D eigenvalue weighted by molar-refractivity contribution is 8.02. The molecule has 6 unspecified atom stereocenters. The van der Waals surface area contributed by atoms with E-state index in [0.29, 0.717) is 28.8 Å². The van der Waals surface area contributed by atoms with Crippen molar-refractivity contribution in [1.82, 2.24) is 0 Å². The Balaban J connectivity index is 1.39. The van der Waals surface area contributed by atoms with Gasteiger partial charge >= 0.3 is 5.97 Å². The van der Waals surface area contributed by atoms with E-state index in [9.17, 15) is 9.59 Å². The summed E-state index contributed by atoms with van der Waals surface area (Å²) in [4.78, 5) is 24.2. The zero-order valence-electron chi connectivity index (χ0n) is 13.2. The van der Waals surface area contributed by atoms with Gasteiger partial charge in [0, 0.05) is 29.4 Å². The third kappa shape index (κ3) is 2.15. The first kappa shape index (κ1) is 15.0. The van der Waals surface area contributed by atoms with Crippen molar-refractivity contribution in [2.75, 3.05) is 7.11 Å². The molecule has 8 atom stereocenters. The monoisotopic (exact) mass is 324 g/mol. The van der Waals surface area contributed by atoms with Crippen LogP contribution in [0, 0.1) is 23.7 Å². The average Bonchev–Trinajstić information content (AvgIpc) is 2.93. The molecule has 1 aliphatic heterocycles. The lowest BCUT2D eigenvalue weighted by Gasteiger charge is -2.49. The van der Waals surface area contributed by atoms with E-state index < -0.39 is 0 Å². The summed E-state index contributed by atoms with van der Waals surface area (Å²) in [6.07, 6.45) is 4.89. The van der Waals surface area contributed by atoms with Gasteiger partial charge in [-0.3, -0.25) is 9.59 Å². The van der Waals surface area contributed by atoms with Crippen molar-refractivity contribution in [3.8, 4) is 0 Å². The fourth-order valence-corrected chi connectivity index (χ4v) is 7.05. The molecule has 0 aromatic carbocycles. The molecule has 2 bridgehead atoms. The third-order valence-corrected chi connectivity index (χ3v) is 8.17. The van der Waals surface area contributed by atoms with Crippen LogP contribution in [0.5, 0.6) is 0 Å². The number of hydrogen-bond donors (Lipinski definition) is 0. The number of carbonyl (C=O) groups is 2. The smallest absolute Gasteiger partial charge is 0.309 e. The molecule has 1 heterocycles. The number of Topliss-reactive ketones (excluding diaryl/α,β-unsaturated/α-hetero) is 1. The second kappa shape index (κ2) is 5.52. The molecule has 122 valence electrons. The predicted octanol–water partition coefficient (Wildman–Crippen LogP) is 2.44. The molecule has 22 heavy (non-hydrogen) atoms. The van der Waals surface area contributed by atoms with Crippen molar-refractivity contribution in [2.45, 2.75) is 61.7 Å². The summed E-state index contributed by atoms with van der Waals surface area (Å²) in [6, 6.07) is 0. The van der Waals surface area contributed by atoms with Gasteiger partial charge in [-0.05, 0) is 38.5 Å². The molecule has 4 nitrogen and oxygen atoms in total. The number of rotatable bonds is 4. The summed E-state index contributed by atoms with van der Waals surface area (Å²) in [5.74, 6) is 1.21. The van der Waals surface area contributed by atoms with Crippen molar-refractivity contribution in [3.05, 3.63) is 0 Å². The topological polar surface area (TPSA) is 52.6 Å². The lowest BCUT2D eigenvalue weighted by atomic mass is 9.79. The van der Waals surface area contributed by atoms with Gasteiger partial charge in [0.1, 0.15) is 11.9 Å². The summed E-state index contributed by atoms with van der Waals surface area (Å²) >= 11 is 1.94. The van der Waals surface area contributed by atoms with Crippen molar-refractivity contribution in [3.63, 3.8) is 0 Å². The molecule has 4 fully saturated rings. The fraction of sp³-hybridized carbons (Fsp3) is 0.882. The second-order valence-electron chi connectivity index (χ2n) is 7.40. The first-order chi connectivity index (χ1) is 10.6. The second-order valence-corrected chi connectivity index (χ2v) is 8.76. The van der Waals surface area contributed by atoms with Crippen molar-refractivity contribution in [2.24, 2.45) is 23.7 Å². The zero-order valence-corrected chi connectivity index (χ0v) is 14.0. The van der Waals surface area contributed by atoms with Gasteiger partial charge in [-0.25, -0.2) is 0 Å². The molecule has 1 saturated heterocycles. The van der Waals surface area contributed by atoms with Gasteiger partial charge in [-0.1, -0.05) is 6.42 Å². The number of methoxy groups -OCH3 is 1. The minimum absolute atomic E-state index is 0.0372. The van der Waals surface area contributed by atoms with E-state index in [-0.39, 0.29) is 35.8 Å². The van der Waals surface area contributed by atoms with Gasteiger partial charge in [0.25, 0.3) is 0 Å². The molecule has 0 N–H and O–H groups in total. The molecule has 3 saturated carbocycles. The molecule has 4 rings (SSSR count). The van der Waals surface area contributed by atoms with Gasteiger partial charge in [-0.15, -0.1) is 11.8 Å². The molecule has 0 amide bonds. The van der Waals surface area contributed by atoms with Gasteiger partial charge in [0.05, 0.1) is 12.0 Å². The van der Waals surface area contributed by atoms with Crippen LogP contribution in [0.4, 0.5) is 0 Å². The number of ether oxygens (including phenoxy) is 2. The van der Waals surface area contributed by atoms with Gasteiger partial charge in [-0.2, -0.15) is 0 Å². The highest BCUT2D eigenvalue weighted by Gasteiger charge is 2.67. The normalized spacial score (nSPS) is 48.8. The van der Waals surface area contributed by atoms with Crippen molar-refractivity contribution < 1.29 is 19.1 Å². The third-order valence-electron chi connectivity index (χ3n) is 6.30. The summed E-state index contributed by atoms with van der Waals surface area (Å²) in [6.45, 7) is 1.64. The van der Waals surface area contributed by atoms with E-state index in [4.69, 9.17) is 9.47 Å². The van der Waals surface area contributed by atoms with E-state index >= 15 is 0 Å². The van der Waals surface area contributed by atoms with Crippen LogP contribution in [-0.2, 0) is 19.1 Å². The van der Waals surface area contributed by atoms with Crippen LogP contribution in [0.25, 0.3) is 0 Å². The number of carbonyl (C=O) groups excluding carboxylic acids is 2. The number of fused-ring (bicyclic) bond motifs is 1. The molecule has 0 spiro atoms. The lowest BCUT2D eigenvalue weighted by molar-refractivity contribution is -0.161. The first-order valence-electron chi connectivity index (χ1n) is 8.49. The Morgan fingerprint density at radius 2 is 1.73 bits per heavy atom. The zero-order chi connectivity index (χ0) is 15.4. The van der Waals surface area contributed by atoms with Crippen LogP contribution >= 0.6 is 11.8 Å². The Hall–Kier alpha value is -0.550. The molecule has 0 aromatic heterocycles. The Morgan fingerprint density at radius 1 is 1.00 bits per heavy atom. The molecular weight excluding hydrogens is 300 g/mol. The molecule has 0 aromatic rings. The molecular formula is C17H24O4S. The fourth-order valence-electron chi connectivity index (χ4n) is 5.11. The number of esters is 1. The molecule has 3 aliphatic carbocycles. The van der Waals surface area contributed by atoms with E-state index in [1.165, 1.54) is 0 Å². The summed E-state index contributed by atoms with van der Waals surface area (Å²) in [5.41, 5.74) is 0. The largest absolute Gasteiger partial charge is 0.461 e. The van der Waals surface area contributed by atoms with Crippen LogP contribution in [0.3, 0.4) is 0 Å². The standard InChI is InChI=1S/C17H24O4S/c1-8(18)9-4-3-5-10(6-9)17(19)21-14-11-7-12-15(13(11)20-2)22-16(12)14/h9-16H,3-7H2,1-2H3/t9?,10?,11-,12+,13?,14?,15?,16?/m1/s1. The van der Waals surface area contributed by atoms with Crippen LogP contribution in [0.15, 0.2) is 0 Å². The number of ketones is 1. The SMILES string of the molecule is COC1C2SC3C(OC(=O)C4CCCC(C(C)=O)C4)[C@@H]1C[C@@H]23. The Kier molecular flexibility index (Phi) is 3.76. The maximum atomic E-state index is 12.6. The van der Waals surface area contributed by atoms with Crippen LogP contribution in [-0.4, -0.2) is 41.6 Å². The maximum absolute atomic E-state index is 12.6. The molecule has 5 heteroatoms. The number of hydrogen-bond acceptors (Lipinski definition) is 5. The van der Waals surface area contributed by atoms with E-state index in [1.54, 1.807) is 14.0 Å². The van der Waals surface area contributed by atoms with Gasteiger partial charge in [0.2, 0.25) is 0 Å². The average molecular weight is 324 g/mol. The minimum Gasteiger partial charge on any atom is -0.461 e. The highest BCUT2D eigenvalue weighted by Crippen LogP contribution is 2.65. The minimum atomic E-state index is -0.0800. The first-order valence-corrected chi connectivity index (χ1v) is 9.43. The Bertz CT molecular complexity index is 493. The maximum Gasteiger partial charge on any atom is 0.309 e. The lowest BCUT2D eigenvalue weighted by Crippen LogP contribution is -2.56. The predicted molar refractivity (Wildman–Crippen MR) is 83.6 cm³/mol. The van der Waals surface area contributed by atoms with Crippen molar-refractivity contribution >= 4 is 23.5 Å². The Morgan fingerprint density at radius 3 is 2.41 bits per heavy atom. The van der Waals surface area contributed by atoms with Crippen LogP contribution in [0.2, 0.25) is 0 Å². The van der Waals surface area contributed by atoms with Gasteiger partial charge < -0.3 is 9.47 Å². The molecule has 0 radical (unpaired) electrons. The van der Waals surface area contributed by atoms with Crippen LogP contribution < -0.4 is 0 Å². The highest BCUT2D eigenvalue weighted by atomic mass is 32.2. The summed E-state index contributed by atoms with van der Waals surface area (Å²) < 4.78 is 11.6. The summed E-state index contributed by atoms with van der Waals surface area (Å²) in [7, 11) is 1.77. The number of thioether (sulfide) groups is 1. The van der Waals surface area contributed by atoms with E-state index in [0.717, 1.165) is 25.7 Å². The molecule has 4 aliphatic rings.